The predicted molar refractivity (Wildman–Crippen MR) is 104 cm³/mol. The summed E-state index contributed by atoms with van der Waals surface area (Å²) in [5.74, 6) is -2.25. The van der Waals surface area contributed by atoms with Crippen molar-refractivity contribution in [2.45, 2.75) is 26.3 Å². The van der Waals surface area contributed by atoms with Gasteiger partial charge in [-0.25, -0.2) is 17.2 Å². The van der Waals surface area contributed by atoms with E-state index in [0.717, 1.165) is 22.7 Å². The molecule has 0 aliphatic heterocycles. The Morgan fingerprint density at radius 1 is 1.11 bits per heavy atom. The third kappa shape index (κ3) is 5.19. The number of rotatable bonds is 8. The van der Waals surface area contributed by atoms with Gasteiger partial charge in [0, 0.05) is 11.8 Å². The van der Waals surface area contributed by atoms with E-state index in [4.69, 9.17) is 4.74 Å². The molecule has 0 aliphatic carbocycles. The third-order valence-electron chi connectivity index (χ3n) is 3.92. The molecule has 1 amide bonds. The van der Waals surface area contributed by atoms with Crippen LogP contribution in [0.5, 0.6) is 5.75 Å². The van der Waals surface area contributed by atoms with Gasteiger partial charge in [-0.15, -0.1) is 0 Å². The fraction of sp³-hybridized carbons (Fsp3) is 0.316. The number of anilines is 2. The summed E-state index contributed by atoms with van der Waals surface area (Å²) >= 11 is 0. The lowest BCUT2D eigenvalue weighted by molar-refractivity contribution is -0.117. The molecule has 2 aromatic carbocycles. The van der Waals surface area contributed by atoms with Crippen molar-refractivity contribution in [1.29, 1.82) is 0 Å². The summed E-state index contributed by atoms with van der Waals surface area (Å²) < 4.78 is 57.6. The molecular weight excluding hydrogens is 390 g/mol. The van der Waals surface area contributed by atoms with E-state index >= 15 is 0 Å². The second-order valence-corrected chi connectivity index (χ2v) is 7.89. The minimum absolute atomic E-state index is 0.0301. The first kappa shape index (κ1) is 21.6. The highest BCUT2D eigenvalue weighted by atomic mass is 32.2. The summed E-state index contributed by atoms with van der Waals surface area (Å²) in [7, 11) is -3.81. The molecule has 1 N–H and O–H groups in total. The van der Waals surface area contributed by atoms with Gasteiger partial charge in [0.2, 0.25) is 15.9 Å². The summed E-state index contributed by atoms with van der Waals surface area (Å²) in [6, 6.07) is 8.13. The molecule has 6 nitrogen and oxygen atoms in total. The number of sulfonamides is 1. The maximum absolute atomic E-state index is 13.4. The third-order valence-corrected chi connectivity index (χ3v) is 5.10. The van der Waals surface area contributed by atoms with E-state index in [1.54, 1.807) is 31.2 Å². The van der Waals surface area contributed by atoms with Gasteiger partial charge in [-0.1, -0.05) is 6.92 Å². The number of carbonyl (C=O) groups excluding carboxylic acids is 1. The fourth-order valence-corrected chi connectivity index (χ4v) is 3.93. The molecule has 28 heavy (non-hydrogen) atoms. The first-order valence-corrected chi connectivity index (χ1v) is 10.5. The standard InChI is InChI=1S/C19H22F2N2O4S/c1-4-18(19(24)22-13-6-11-16(20)17(21)12-13)23(28(3,25)26)14-7-9-15(10-8-14)27-5-2/h6-12,18H,4-5H2,1-3H3,(H,22,24). The van der Waals surface area contributed by atoms with Gasteiger partial charge in [0.15, 0.2) is 11.6 Å². The Morgan fingerprint density at radius 2 is 1.75 bits per heavy atom. The van der Waals surface area contributed by atoms with Crippen LogP contribution in [-0.2, 0) is 14.8 Å². The Bertz CT molecular complexity index is 933. The van der Waals surface area contributed by atoms with Gasteiger partial charge < -0.3 is 10.1 Å². The van der Waals surface area contributed by atoms with Crippen molar-refractivity contribution in [3.8, 4) is 5.75 Å². The van der Waals surface area contributed by atoms with Crippen LogP contribution in [0.15, 0.2) is 42.5 Å². The van der Waals surface area contributed by atoms with E-state index in [2.05, 4.69) is 5.32 Å². The molecule has 9 heteroatoms. The fourth-order valence-electron chi connectivity index (χ4n) is 2.72. The van der Waals surface area contributed by atoms with Crippen molar-refractivity contribution in [3.05, 3.63) is 54.1 Å². The highest BCUT2D eigenvalue weighted by Crippen LogP contribution is 2.26. The van der Waals surface area contributed by atoms with E-state index in [0.29, 0.717) is 18.0 Å². The number of nitrogens with zero attached hydrogens (tertiary/aromatic N) is 1. The number of carbonyl (C=O) groups is 1. The Balaban J connectivity index is 2.34. The van der Waals surface area contributed by atoms with Gasteiger partial charge in [-0.3, -0.25) is 9.10 Å². The zero-order valence-corrected chi connectivity index (χ0v) is 16.6. The zero-order valence-electron chi connectivity index (χ0n) is 15.8. The van der Waals surface area contributed by atoms with Gasteiger partial charge in [-0.05, 0) is 49.7 Å². The lowest BCUT2D eigenvalue weighted by Crippen LogP contribution is -2.47. The Hall–Kier alpha value is -2.68. The number of hydrogen-bond acceptors (Lipinski definition) is 4. The smallest absolute Gasteiger partial charge is 0.248 e. The molecule has 152 valence electrons. The molecule has 1 atom stereocenters. The molecule has 0 spiro atoms. The molecule has 2 rings (SSSR count). The lowest BCUT2D eigenvalue weighted by atomic mass is 10.1. The second kappa shape index (κ2) is 9.01. The van der Waals surface area contributed by atoms with Crippen LogP contribution in [0.1, 0.15) is 20.3 Å². The Labute approximate surface area is 163 Å². The topological polar surface area (TPSA) is 75.7 Å². The van der Waals surface area contributed by atoms with Gasteiger partial charge >= 0.3 is 0 Å². The van der Waals surface area contributed by atoms with Crippen molar-refractivity contribution >= 4 is 27.3 Å². The quantitative estimate of drug-likeness (QED) is 0.720. The maximum Gasteiger partial charge on any atom is 0.248 e. The monoisotopic (exact) mass is 412 g/mol. The van der Waals surface area contributed by atoms with Crippen LogP contribution in [0, 0.1) is 11.6 Å². The highest BCUT2D eigenvalue weighted by molar-refractivity contribution is 7.92. The Morgan fingerprint density at radius 3 is 2.25 bits per heavy atom. The number of benzene rings is 2. The summed E-state index contributed by atoms with van der Waals surface area (Å²) in [6.07, 6.45) is 1.16. The van der Waals surface area contributed by atoms with Crippen LogP contribution < -0.4 is 14.4 Å². The summed E-state index contributed by atoms with van der Waals surface area (Å²) in [5.41, 5.74) is 0.320. The summed E-state index contributed by atoms with van der Waals surface area (Å²) in [6.45, 7) is 3.94. The van der Waals surface area contributed by atoms with E-state index in [9.17, 15) is 22.0 Å². The molecule has 0 aliphatic rings. The Kier molecular flexibility index (Phi) is 6.95. The predicted octanol–water partition coefficient (Wildman–Crippen LogP) is 3.55. The molecule has 0 fully saturated rings. The van der Waals surface area contributed by atoms with Crippen LogP contribution in [0.2, 0.25) is 0 Å². The molecule has 0 saturated carbocycles. The van der Waals surface area contributed by atoms with Crippen LogP contribution >= 0.6 is 0 Å². The molecule has 0 radical (unpaired) electrons. The van der Waals surface area contributed by atoms with Crippen LogP contribution in [-0.4, -0.2) is 33.2 Å². The SMILES string of the molecule is CCOc1ccc(N(C(CC)C(=O)Nc2ccc(F)c(F)c2)S(C)(=O)=O)cc1. The number of ether oxygens (including phenoxy) is 1. The van der Waals surface area contributed by atoms with E-state index < -0.39 is 33.6 Å². The minimum atomic E-state index is -3.81. The van der Waals surface area contributed by atoms with Crippen LogP contribution in [0.25, 0.3) is 0 Å². The number of halogens is 2. The summed E-state index contributed by atoms with van der Waals surface area (Å²) in [5, 5.41) is 2.44. The molecule has 0 bridgehead atoms. The van der Waals surface area contributed by atoms with E-state index in [1.807, 2.05) is 6.92 Å². The molecule has 2 aromatic rings. The minimum Gasteiger partial charge on any atom is -0.494 e. The van der Waals surface area contributed by atoms with Crippen molar-refractivity contribution in [1.82, 2.24) is 0 Å². The maximum atomic E-state index is 13.4. The number of hydrogen-bond donors (Lipinski definition) is 1. The van der Waals surface area contributed by atoms with E-state index in [-0.39, 0.29) is 12.1 Å². The molecular formula is C19H22F2N2O4S. The van der Waals surface area contributed by atoms with Gasteiger partial charge in [0.1, 0.15) is 11.8 Å². The largest absolute Gasteiger partial charge is 0.494 e. The zero-order chi connectivity index (χ0) is 20.9. The first-order chi connectivity index (χ1) is 13.2. The lowest BCUT2D eigenvalue weighted by Gasteiger charge is -2.30. The molecule has 0 saturated heterocycles. The van der Waals surface area contributed by atoms with Crippen molar-refractivity contribution in [3.63, 3.8) is 0 Å². The van der Waals surface area contributed by atoms with Crippen LogP contribution in [0.4, 0.5) is 20.2 Å². The molecule has 0 heterocycles. The van der Waals surface area contributed by atoms with Crippen molar-refractivity contribution in [2.24, 2.45) is 0 Å². The van der Waals surface area contributed by atoms with Gasteiger partial charge in [0.05, 0.1) is 18.6 Å². The van der Waals surface area contributed by atoms with Crippen molar-refractivity contribution < 1.29 is 26.7 Å². The normalized spacial score (nSPS) is 12.3. The molecule has 0 aromatic heterocycles. The van der Waals surface area contributed by atoms with Gasteiger partial charge in [-0.2, -0.15) is 0 Å². The van der Waals surface area contributed by atoms with E-state index in [1.165, 1.54) is 6.07 Å². The average molecular weight is 412 g/mol. The highest BCUT2D eigenvalue weighted by Gasteiger charge is 2.31. The number of amides is 1. The molecule has 1 unspecified atom stereocenters. The first-order valence-electron chi connectivity index (χ1n) is 8.65. The van der Waals surface area contributed by atoms with Crippen LogP contribution in [0.3, 0.4) is 0 Å². The van der Waals surface area contributed by atoms with Crippen molar-refractivity contribution in [2.75, 3.05) is 22.5 Å². The van der Waals surface area contributed by atoms with Gasteiger partial charge in [0.25, 0.3) is 0 Å². The average Bonchev–Trinajstić information content (AvgIpc) is 2.62. The second-order valence-electron chi connectivity index (χ2n) is 6.03. The number of nitrogens with one attached hydrogen (secondary N) is 1. The summed E-state index contributed by atoms with van der Waals surface area (Å²) in [4.78, 5) is 12.7.